The van der Waals surface area contributed by atoms with Gasteiger partial charge in [0.05, 0.1) is 6.04 Å². The van der Waals surface area contributed by atoms with E-state index < -0.39 is 6.03 Å². The Morgan fingerprint density at radius 2 is 1.91 bits per heavy atom. The molecule has 0 aromatic heterocycles. The smallest absolute Gasteiger partial charge is 0.321 e. The zero-order chi connectivity index (χ0) is 16.1. The first-order valence-electron chi connectivity index (χ1n) is 7.88. The molecular formula is C17H25N3O2. The summed E-state index contributed by atoms with van der Waals surface area (Å²) in [6.07, 6.45) is 1.04. The van der Waals surface area contributed by atoms with Crippen molar-refractivity contribution in [2.24, 2.45) is 5.92 Å². The lowest BCUT2D eigenvalue weighted by molar-refractivity contribution is -0.128. The van der Waals surface area contributed by atoms with Gasteiger partial charge in [-0.3, -0.25) is 15.0 Å². The van der Waals surface area contributed by atoms with E-state index in [-0.39, 0.29) is 18.0 Å². The van der Waals surface area contributed by atoms with E-state index in [1.807, 2.05) is 39.0 Å². The van der Waals surface area contributed by atoms with Crippen molar-refractivity contribution in [1.29, 1.82) is 0 Å². The summed E-state index contributed by atoms with van der Waals surface area (Å²) in [5.74, 6) is 0.109. The quantitative estimate of drug-likeness (QED) is 0.877. The van der Waals surface area contributed by atoms with E-state index >= 15 is 0 Å². The molecule has 22 heavy (non-hydrogen) atoms. The summed E-state index contributed by atoms with van der Waals surface area (Å²) < 4.78 is 0. The second-order valence-corrected chi connectivity index (χ2v) is 6.22. The van der Waals surface area contributed by atoms with Crippen LogP contribution < -0.4 is 10.6 Å². The first-order valence-corrected chi connectivity index (χ1v) is 7.88. The van der Waals surface area contributed by atoms with Crippen molar-refractivity contribution in [3.8, 4) is 0 Å². The van der Waals surface area contributed by atoms with E-state index in [2.05, 4.69) is 27.7 Å². The van der Waals surface area contributed by atoms with Crippen LogP contribution in [0.15, 0.2) is 30.3 Å². The molecule has 1 saturated heterocycles. The van der Waals surface area contributed by atoms with Crippen LogP contribution in [-0.4, -0.2) is 36.0 Å². The summed E-state index contributed by atoms with van der Waals surface area (Å²) in [6, 6.07) is 9.70. The third-order valence-corrected chi connectivity index (χ3v) is 4.03. The highest BCUT2D eigenvalue weighted by atomic mass is 16.2. The monoisotopic (exact) mass is 303 g/mol. The zero-order valence-corrected chi connectivity index (χ0v) is 13.5. The number of carbonyl (C=O) groups is 2. The fraction of sp³-hybridized carbons (Fsp3) is 0.529. The molecule has 3 amide bonds. The number of hydrogen-bond acceptors (Lipinski definition) is 3. The van der Waals surface area contributed by atoms with Gasteiger partial charge in [-0.25, -0.2) is 4.79 Å². The van der Waals surface area contributed by atoms with Gasteiger partial charge in [-0.15, -0.1) is 0 Å². The van der Waals surface area contributed by atoms with Crippen LogP contribution in [0.1, 0.15) is 38.8 Å². The van der Waals surface area contributed by atoms with Gasteiger partial charge in [0.1, 0.15) is 0 Å². The Labute approximate surface area is 132 Å². The van der Waals surface area contributed by atoms with E-state index in [9.17, 15) is 9.59 Å². The molecule has 1 heterocycles. The number of hydrogen-bond donors (Lipinski definition) is 2. The molecule has 1 aromatic carbocycles. The predicted molar refractivity (Wildman–Crippen MR) is 86.3 cm³/mol. The van der Waals surface area contributed by atoms with Gasteiger partial charge >= 0.3 is 6.03 Å². The van der Waals surface area contributed by atoms with Gasteiger partial charge in [0.15, 0.2) is 0 Å². The Bertz CT molecular complexity index is 516. The molecule has 0 aliphatic carbocycles. The maximum Gasteiger partial charge on any atom is 0.321 e. The number of nitrogens with zero attached hydrogens (tertiary/aromatic N) is 1. The molecule has 2 atom stereocenters. The molecule has 0 unspecified atom stereocenters. The molecule has 0 radical (unpaired) electrons. The van der Waals surface area contributed by atoms with E-state index in [4.69, 9.17) is 0 Å². The van der Waals surface area contributed by atoms with E-state index in [0.717, 1.165) is 13.0 Å². The lowest BCUT2D eigenvalue weighted by Gasteiger charge is -2.44. The topological polar surface area (TPSA) is 61.4 Å². The molecule has 1 fully saturated rings. The largest absolute Gasteiger partial charge is 0.338 e. The molecule has 0 saturated carbocycles. The number of benzene rings is 1. The van der Waals surface area contributed by atoms with Crippen molar-refractivity contribution < 1.29 is 9.59 Å². The first kappa shape index (κ1) is 16.5. The lowest BCUT2D eigenvalue weighted by atomic mass is 9.92. The number of likely N-dealkylation sites (tertiary alicyclic amines) is 1. The van der Waals surface area contributed by atoms with Crippen molar-refractivity contribution in [3.05, 3.63) is 35.9 Å². The van der Waals surface area contributed by atoms with Crippen molar-refractivity contribution in [1.82, 2.24) is 15.5 Å². The number of urea groups is 1. The standard InChI is InChI=1S/C17H25N3O2/c1-12(2)11-18-17(22)19-16(21)13(3)20-10-9-15(20)14-7-5-4-6-8-14/h4-8,12-13,15H,9-11H2,1-3H3,(H2,18,19,21,22)/t13-,15+/m1/s1. The van der Waals surface area contributed by atoms with Gasteiger partial charge in [0.25, 0.3) is 0 Å². The van der Waals surface area contributed by atoms with Crippen LogP contribution in [0.4, 0.5) is 4.79 Å². The predicted octanol–water partition coefficient (Wildman–Crippen LogP) is 2.30. The van der Waals surface area contributed by atoms with Gasteiger partial charge in [-0.2, -0.15) is 0 Å². The second kappa shape index (κ2) is 7.40. The zero-order valence-electron chi connectivity index (χ0n) is 13.5. The maximum atomic E-state index is 12.2. The number of imide groups is 1. The number of carbonyl (C=O) groups excluding carboxylic acids is 2. The van der Waals surface area contributed by atoms with Crippen molar-refractivity contribution in [2.75, 3.05) is 13.1 Å². The third kappa shape index (κ3) is 4.07. The van der Waals surface area contributed by atoms with Crippen molar-refractivity contribution >= 4 is 11.9 Å². The average Bonchev–Trinajstić information content (AvgIpc) is 2.45. The molecule has 0 spiro atoms. The van der Waals surface area contributed by atoms with Crippen LogP contribution in [0.25, 0.3) is 0 Å². The highest BCUT2D eigenvalue weighted by molar-refractivity contribution is 5.96. The van der Waals surface area contributed by atoms with Crippen LogP contribution in [0, 0.1) is 5.92 Å². The SMILES string of the molecule is CC(C)CNC(=O)NC(=O)[C@@H](C)N1CC[C@H]1c1ccccc1. The van der Waals surface area contributed by atoms with E-state index in [0.29, 0.717) is 12.5 Å². The Morgan fingerprint density at radius 1 is 1.23 bits per heavy atom. The molecule has 120 valence electrons. The molecule has 5 nitrogen and oxygen atoms in total. The lowest BCUT2D eigenvalue weighted by Crippen LogP contribution is -2.55. The normalized spacial score (nSPS) is 19.4. The van der Waals surface area contributed by atoms with Crippen LogP contribution in [0.3, 0.4) is 0 Å². The van der Waals surface area contributed by atoms with E-state index in [1.165, 1.54) is 5.56 Å². The Hall–Kier alpha value is -1.88. The summed E-state index contributed by atoms with van der Waals surface area (Å²) >= 11 is 0. The Morgan fingerprint density at radius 3 is 2.45 bits per heavy atom. The molecule has 0 bridgehead atoms. The minimum Gasteiger partial charge on any atom is -0.338 e. The second-order valence-electron chi connectivity index (χ2n) is 6.22. The van der Waals surface area contributed by atoms with Gasteiger partial charge < -0.3 is 5.32 Å². The van der Waals surface area contributed by atoms with Crippen LogP contribution >= 0.6 is 0 Å². The van der Waals surface area contributed by atoms with Crippen LogP contribution in [-0.2, 0) is 4.79 Å². The van der Waals surface area contributed by atoms with Crippen LogP contribution in [0.5, 0.6) is 0 Å². The summed E-state index contributed by atoms with van der Waals surface area (Å²) in [5.41, 5.74) is 1.22. The molecule has 2 rings (SSSR count). The van der Waals surface area contributed by atoms with Gasteiger partial charge in [0, 0.05) is 19.1 Å². The minimum atomic E-state index is -0.415. The third-order valence-electron chi connectivity index (χ3n) is 4.03. The Balaban J connectivity index is 1.87. The highest BCUT2D eigenvalue weighted by Crippen LogP contribution is 2.34. The molecular weight excluding hydrogens is 278 g/mol. The molecule has 1 aliphatic rings. The van der Waals surface area contributed by atoms with Gasteiger partial charge in [-0.05, 0) is 24.8 Å². The average molecular weight is 303 g/mol. The summed E-state index contributed by atoms with van der Waals surface area (Å²) in [7, 11) is 0. The minimum absolute atomic E-state index is 0.248. The molecule has 1 aliphatic heterocycles. The van der Waals surface area contributed by atoms with E-state index in [1.54, 1.807) is 0 Å². The van der Waals surface area contributed by atoms with Gasteiger partial charge in [0.2, 0.25) is 5.91 Å². The van der Waals surface area contributed by atoms with Crippen LogP contribution in [0.2, 0.25) is 0 Å². The summed E-state index contributed by atoms with van der Waals surface area (Å²) in [5, 5.41) is 5.12. The number of amides is 3. The fourth-order valence-electron chi connectivity index (χ4n) is 2.61. The molecule has 1 aromatic rings. The first-order chi connectivity index (χ1) is 10.5. The maximum absolute atomic E-state index is 12.2. The highest BCUT2D eigenvalue weighted by Gasteiger charge is 2.36. The van der Waals surface area contributed by atoms with Crippen molar-refractivity contribution in [3.63, 3.8) is 0 Å². The van der Waals surface area contributed by atoms with Gasteiger partial charge in [-0.1, -0.05) is 44.2 Å². The fourth-order valence-corrected chi connectivity index (χ4v) is 2.61. The number of nitrogens with one attached hydrogen (secondary N) is 2. The molecule has 2 N–H and O–H groups in total. The Kier molecular flexibility index (Phi) is 5.55. The number of rotatable bonds is 5. The van der Waals surface area contributed by atoms with Crippen molar-refractivity contribution in [2.45, 2.75) is 39.3 Å². The summed E-state index contributed by atoms with van der Waals surface area (Å²) in [4.78, 5) is 26.0. The molecule has 5 heteroatoms. The summed E-state index contributed by atoms with van der Waals surface area (Å²) in [6.45, 7) is 7.30.